The maximum atomic E-state index is 13.1. The van der Waals surface area contributed by atoms with E-state index in [1.807, 2.05) is 0 Å². The van der Waals surface area contributed by atoms with Gasteiger partial charge >= 0.3 is 12.2 Å². The molecule has 1 aliphatic heterocycles. The lowest BCUT2D eigenvalue weighted by atomic mass is 9.98. The number of rotatable bonds is 3. The highest BCUT2D eigenvalue weighted by Crippen LogP contribution is 2.49. The standard InChI is InChI=1S/C12H9ClF4O3/c1-6(2-3-18)7-4-9-10(5-8(7)13)20-12(16,17)11(14,15)19-9/h3-6H,2H2,1H3. The molecule has 0 amide bonds. The molecule has 0 spiro atoms. The summed E-state index contributed by atoms with van der Waals surface area (Å²) < 4.78 is 60.0. The predicted molar refractivity (Wildman–Crippen MR) is 61.7 cm³/mol. The predicted octanol–water partition coefficient (Wildman–Crippen LogP) is 3.99. The van der Waals surface area contributed by atoms with Gasteiger partial charge in [0.25, 0.3) is 0 Å². The largest absolute Gasteiger partial charge is 0.507 e. The van der Waals surface area contributed by atoms with Crippen molar-refractivity contribution in [3.8, 4) is 11.5 Å². The smallest absolute Gasteiger partial charge is 0.421 e. The molecule has 1 aromatic carbocycles. The second kappa shape index (κ2) is 4.80. The summed E-state index contributed by atoms with van der Waals surface area (Å²) in [7, 11) is 0. The molecule has 0 fully saturated rings. The normalized spacial score (nSPS) is 20.3. The third-order valence-corrected chi connectivity index (χ3v) is 3.19. The first-order valence-corrected chi connectivity index (χ1v) is 5.96. The van der Waals surface area contributed by atoms with E-state index in [0.29, 0.717) is 11.8 Å². The Morgan fingerprint density at radius 2 is 1.70 bits per heavy atom. The van der Waals surface area contributed by atoms with Crippen LogP contribution >= 0.6 is 11.6 Å². The molecule has 0 N–H and O–H groups in total. The zero-order valence-corrected chi connectivity index (χ0v) is 10.9. The van der Waals surface area contributed by atoms with Crippen LogP contribution in [0.1, 0.15) is 24.8 Å². The summed E-state index contributed by atoms with van der Waals surface area (Å²) in [6.45, 7) is 1.64. The summed E-state index contributed by atoms with van der Waals surface area (Å²) >= 11 is 5.87. The van der Waals surface area contributed by atoms with Gasteiger partial charge in [0.05, 0.1) is 0 Å². The van der Waals surface area contributed by atoms with Crippen molar-refractivity contribution >= 4 is 17.9 Å². The molecule has 1 unspecified atom stereocenters. The van der Waals surface area contributed by atoms with Crippen molar-refractivity contribution in [1.82, 2.24) is 0 Å². The van der Waals surface area contributed by atoms with E-state index in [1.165, 1.54) is 0 Å². The molecule has 0 radical (unpaired) electrons. The van der Waals surface area contributed by atoms with Gasteiger partial charge in [-0.25, -0.2) is 0 Å². The number of carbonyl (C=O) groups excluding carboxylic acids is 1. The van der Waals surface area contributed by atoms with Gasteiger partial charge in [0, 0.05) is 17.5 Å². The Bertz CT molecular complexity index is 548. The van der Waals surface area contributed by atoms with Crippen LogP contribution in [0, 0.1) is 0 Å². The van der Waals surface area contributed by atoms with Crippen molar-refractivity contribution in [3.05, 3.63) is 22.7 Å². The van der Waals surface area contributed by atoms with Crippen LogP contribution in [-0.2, 0) is 4.79 Å². The average Bonchev–Trinajstić information content (AvgIpc) is 2.30. The lowest BCUT2D eigenvalue weighted by Gasteiger charge is -2.32. The summed E-state index contributed by atoms with van der Waals surface area (Å²) in [6.07, 6.45) is -8.81. The summed E-state index contributed by atoms with van der Waals surface area (Å²) in [4.78, 5) is 10.5. The summed E-state index contributed by atoms with van der Waals surface area (Å²) in [5, 5.41) is 0.0303. The van der Waals surface area contributed by atoms with Crippen LogP contribution in [0.2, 0.25) is 5.02 Å². The molecule has 0 aromatic heterocycles. The first-order valence-electron chi connectivity index (χ1n) is 5.58. The molecular formula is C12H9ClF4O3. The van der Waals surface area contributed by atoms with E-state index in [1.54, 1.807) is 6.92 Å². The van der Waals surface area contributed by atoms with Crippen LogP contribution in [-0.4, -0.2) is 18.5 Å². The molecule has 20 heavy (non-hydrogen) atoms. The van der Waals surface area contributed by atoms with Gasteiger partial charge in [-0.2, -0.15) is 17.6 Å². The Hall–Kier alpha value is -1.50. The van der Waals surface area contributed by atoms with Gasteiger partial charge in [-0.1, -0.05) is 18.5 Å². The van der Waals surface area contributed by atoms with E-state index in [0.717, 1.165) is 12.1 Å². The highest BCUT2D eigenvalue weighted by molar-refractivity contribution is 6.31. The van der Waals surface area contributed by atoms with E-state index in [-0.39, 0.29) is 17.4 Å². The molecule has 3 nitrogen and oxygen atoms in total. The number of carbonyl (C=O) groups is 1. The Balaban J connectivity index is 2.45. The van der Waals surface area contributed by atoms with Gasteiger partial charge in [-0.15, -0.1) is 0 Å². The molecule has 1 aliphatic rings. The van der Waals surface area contributed by atoms with Gasteiger partial charge in [0.2, 0.25) is 0 Å². The van der Waals surface area contributed by atoms with Crippen LogP contribution < -0.4 is 9.47 Å². The van der Waals surface area contributed by atoms with E-state index in [4.69, 9.17) is 11.6 Å². The number of halogens is 5. The fraction of sp³-hybridized carbons (Fsp3) is 0.417. The molecule has 0 saturated heterocycles. The molecule has 1 atom stereocenters. The highest BCUT2D eigenvalue weighted by atomic mass is 35.5. The summed E-state index contributed by atoms with van der Waals surface area (Å²) in [5.41, 5.74) is 0.335. The molecule has 110 valence electrons. The molecule has 0 saturated carbocycles. The van der Waals surface area contributed by atoms with Crippen molar-refractivity contribution in [1.29, 1.82) is 0 Å². The van der Waals surface area contributed by atoms with Crippen molar-refractivity contribution in [2.45, 2.75) is 31.5 Å². The first-order chi connectivity index (χ1) is 9.18. The molecule has 8 heteroatoms. The van der Waals surface area contributed by atoms with Gasteiger partial charge in [-0.3, -0.25) is 0 Å². The number of benzene rings is 1. The molecule has 1 heterocycles. The lowest BCUT2D eigenvalue weighted by molar-refractivity contribution is -0.391. The van der Waals surface area contributed by atoms with E-state index >= 15 is 0 Å². The number of hydrogen-bond donors (Lipinski definition) is 0. The minimum Gasteiger partial charge on any atom is -0.421 e. The zero-order valence-electron chi connectivity index (χ0n) is 10.1. The molecule has 1 aromatic rings. The van der Waals surface area contributed by atoms with Gasteiger partial charge in [0.1, 0.15) is 6.29 Å². The number of aldehydes is 1. The Morgan fingerprint density at radius 3 is 2.20 bits per heavy atom. The van der Waals surface area contributed by atoms with Gasteiger partial charge < -0.3 is 14.3 Å². The third-order valence-electron chi connectivity index (χ3n) is 2.86. The number of hydrogen-bond acceptors (Lipinski definition) is 3. The number of fused-ring (bicyclic) bond motifs is 1. The third kappa shape index (κ3) is 2.42. The fourth-order valence-electron chi connectivity index (χ4n) is 1.75. The maximum Gasteiger partial charge on any atom is 0.507 e. The number of alkyl halides is 4. The van der Waals surface area contributed by atoms with E-state index < -0.39 is 23.7 Å². The molecular weight excluding hydrogens is 304 g/mol. The van der Waals surface area contributed by atoms with Crippen molar-refractivity contribution in [2.75, 3.05) is 0 Å². The maximum absolute atomic E-state index is 13.1. The van der Waals surface area contributed by atoms with E-state index in [2.05, 4.69) is 9.47 Å². The Kier molecular flexibility index (Phi) is 3.58. The number of ether oxygens (including phenoxy) is 2. The van der Waals surface area contributed by atoms with Crippen LogP contribution in [0.25, 0.3) is 0 Å². The topological polar surface area (TPSA) is 35.5 Å². The first kappa shape index (κ1) is 14.9. The molecule has 2 rings (SSSR count). The van der Waals surface area contributed by atoms with Crippen LogP contribution in [0.5, 0.6) is 11.5 Å². The fourth-order valence-corrected chi connectivity index (χ4v) is 2.09. The van der Waals surface area contributed by atoms with E-state index in [9.17, 15) is 22.4 Å². The minimum atomic E-state index is -4.78. The minimum absolute atomic E-state index is 0.0303. The second-order valence-corrected chi connectivity index (χ2v) is 4.77. The molecule has 0 bridgehead atoms. The SMILES string of the molecule is CC(CC=O)c1cc2c(cc1Cl)OC(F)(F)C(F)(F)O2. The van der Waals surface area contributed by atoms with Crippen LogP contribution in [0.15, 0.2) is 12.1 Å². The monoisotopic (exact) mass is 312 g/mol. The van der Waals surface area contributed by atoms with Crippen LogP contribution in [0.4, 0.5) is 17.6 Å². The van der Waals surface area contributed by atoms with Crippen molar-refractivity contribution < 1.29 is 31.8 Å². The summed E-state index contributed by atoms with van der Waals surface area (Å²) in [5.74, 6) is -1.49. The van der Waals surface area contributed by atoms with Crippen molar-refractivity contribution in [3.63, 3.8) is 0 Å². The highest BCUT2D eigenvalue weighted by Gasteiger charge is 2.66. The summed E-state index contributed by atoms with van der Waals surface area (Å²) in [6, 6.07) is 2.05. The Labute approximate surface area is 116 Å². The van der Waals surface area contributed by atoms with Gasteiger partial charge in [-0.05, 0) is 17.5 Å². The molecule has 0 aliphatic carbocycles. The lowest BCUT2D eigenvalue weighted by Crippen LogP contribution is -2.52. The average molecular weight is 313 g/mol. The quantitative estimate of drug-likeness (QED) is 0.625. The Morgan fingerprint density at radius 1 is 1.20 bits per heavy atom. The van der Waals surface area contributed by atoms with Crippen molar-refractivity contribution in [2.24, 2.45) is 0 Å². The second-order valence-electron chi connectivity index (χ2n) is 4.36. The van der Waals surface area contributed by atoms with Crippen LogP contribution in [0.3, 0.4) is 0 Å². The van der Waals surface area contributed by atoms with Gasteiger partial charge in [0.15, 0.2) is 11.5 Å². The zero-order chi connectivity index (χ0) is 15.1.